The zero-order chi connectivity index (χ0) is 26.5. The number of anilines is 2. The van der Waals surface area contributed by atoms with Gasteiger partial charge in [0.2, 0.25) is 17.8 Å². The molecule has 3 atom stereocenters. The van der Waals surface area contributed by atoms with Gasteiger partial charge in [-0.25, -0.2) is 0 Å². The Balaban J connectivity index is 1.46. The van der Waals surface area contributed by atoms with E-state index in [1.54, 1.807) is 30.0 Å². The van der Waals surface area contributed by atoms with E-state index in [4.69, 9.17) is 16.3 Å². The van der Waals surface area contributed by atoms with Crippen LogP contribution >= 0.6 is 11.6 Å². The molecule has 3 heterocycles. The van der Waals surface area contributed by atoms with Crippen molar-refractivity contribution in [1.82, 2.24) is 19.9 Å². The van der Waals surface area contributed by atoms with Gasteiger partial charge in [0, 0.05) is 23.1 Å². The predicted molar refractivity (Wildman–Crippen MR) is 140 cm³/mol. The molecule has 0 bridgehead atoms. The Morgan fingerprint density at radius 3 is 2.70 bits per heavy atom. The molecule has 0 spiro atoms. The average Bonchev–Trinajstić information content (AvgIpc) is 3.67. The molecule has 10 nitrogen and oxygen atoms in total. The fourth-order valence-electron chi connectivity index (χ4n) is 5.23. The molecule has 192 valence electrons. The van der Waals surface area contributed by atoms with E-state index in [0.717, 1.165) is 18.2 Å². The molecule has 5 rings (SSSR count). The number of rotatable bonds is 7. The van der Waals surface area contributed by atoms with Gasteiger partial charge >= 0.3 is 0 Å². The second kappa shape index (κ2) is 9.30. The topological polar surface area (TPSA) is 137 Å². The van der Waals surface area contributed by atoms with Gasteiger partial charge in [0.1, 0.15) is 17.0 Å². The summed E-state index contributed by atoms with van der Waals surface area (Å²) in [6.45, 7) is 5.54. The number of pyridine rings is 1. The summed E-state index contributed by atoms with van der Waals surface area (Å²) in [5.41, 5.74) is -0.207. The maximum Gasteiger partial charge on any atom is 0.253 e. The van der Waals surface area contributed by atoms with Crippen LogP contribution in [0.25, 0.3) is 10.9 Å². The monoisotopic (exact) mass is 521 g/mol. The standard InChI is InChI=1S/C26H28ClN7O3/c1-5-17-11-26(12-28,16-6-7-16)23(36)34(17)25-31-14(3)30-24(33-25)29-13(2)18-8-15-9-19(27)21(37-4)10-20(15)32-22(18)35/h8-10,13,16-17H,5-7,11H2,1-4H3,(H,32,35)(H,29,30,31,33)/t13-,17-,26+/m0/s1. The fraction of sp³-hybridized carbons (Fsp3) is 0.462. The summed E-state index contributed by atoms with van der Waals surface area (Å²) < 4.78 is 5.24. The van der Waals surface area contributed by atoms with Gasteiger partial charge < -0.3 is 15.0 Å². The third-order valence-corrected chi connectivity index (χ3v) is 7.67. The minimum absolute atomic E-state index is 0.0951. The molecular formula is C26H28ClN7O3. The summed E-state index contributed by atoms with van der Waals surface area (Å²) in [5, 5.41) is 14.3. The van der Waals surface area contributed by atoms with Crippen molar-refractivity contribution in [3.8, 4) is 11.8 Å². The zero-order valence-electron chi connectivity index (χ0n) is 21.1. The molecule has 3 aromatic rings. The van der Waals surface area contributed by atoms with Crippen LogP contribution in [0, 0.1) is 29.6 Å². The molecule has 1 amide bonds. The van der Waals surface area contributed by atoms with E-state index >= 15 is 0 Å². The number of halogens is 1. The number of hydrogen-bond donors (Lipinski definition) is 2. The number of carbonyl (C=O) groups is 1. The molecule has 1 aliphatic carbocycles. The van der Waals surface area contributed by atoms with E-state index in [2.05, 4.69) is 31.3 Å². The Morgan fingerprint density at radius 1 is 1.30 bits per heavy atom. The van der Waals surface area contributed by atoms with Crippen LogP contribution in [0.5, 0.6) is 5.75 Å². The lowest BCUT2D eigenvalue weighted by Crippen LogP contribution is -2.39. The third kappa shape index (κ3) is 4.27. The molecule has 1 aliphatic heterocycles. The van der Waals surface area contributed by atoms with Crippen LogP contribution in [0.2, 0.25) is 5.02 Å². The highest BCUT2D eigenvalue weighted by Gasteiger charge is 2.60. The van der Waals surface area contributed by atoms with Gasteiger partial charge in [-0.05, 0) is 57.6 Å². The first-order valence-electron chi connectivity index (χ1n) is 12.3. The molecule has 2 fully saturated rings. The summed E-state index contributed by atoms with van der Waals surface area (Å²) in [5.74, 6) is 1.23. The SMILES string of the molecule is CC[C@H]1C[C@@](C#N)(C2CC2)C(=O)N1c1nc(C)nc(N[C@@H](C)c2cc3cc(Cl)c(OC)cc3[nH]c2=O)n1. The molecule has 1 saturated heterocycles. The van der Waals surface area contributed by atoms with Crippen LogP contribution in [-0.4, -0.2) is 39.0 Å². The van der Waals surface area contributed by atoms with E-state index in [1.807, 2.05) is 13.8 Å². The largest absolute Gasteiger partial charge is 0.495 e. The normalized spacial score (nSPS) is 22.2. The van der Waals surface area contributed by atoms with Gasteiger partial charge in [-0.1, -0.05) is 18.5 Å². The molecule has 0 radical (unpaired) electrons. The minimum Gasteiger partial charge on any atom is -0.495 e. The number of aromatic nitrogens is 4. The number of methoxy groups -OCH3 is 1. The Kier molecular flexibility index (Phi) is 6.28. The van der Waals surface area contributed by atoms with E-state index in [-0.39, 0.29) is 35.3 Å². The van der Waals surface area contributed by atoms with Crippen LogP contribution < -0.4 is 20.5 Å². The predicted octanol–water partition coefficient (Wildman–Crippen LogP) is 4.29. The van der Waals surface area contributed by atoms with Crippen LogP contribution in [0.1, 0.15) is 57.0 Å². The number of fused-ring (bicyclic) bond motifs is 1. The van der Waals surface area contributed by atoms with Gasteiger partial charge in [-0.2, -0.15) is 20.2 Å². The van der Waals surface area contributed by atoms with E-state index in [1.165, 1.54) is 7.11 Å². The molecule has 1 aromatic carbocycles. The number of carbonyl (C=O) groups excluding carboxylic acids is 1. The minimum atomic E-state index is -1.01. The highest BCUT2D eigenvalue weighted by atomic mass is 35.5. The molecule has 11 heteroatoms. The van der Waals surface area contributed by atoms with Crippen molar-refractivity contribution in [3.63, 3.8) is 0 Å². The number of nitriles is 1. The number of amides is 1. The summed E-state index contributed by atoms with van der Waals surface area (Å²) >= 11 is 6.28. The van der Waals surface area contributed by atoms with E-state index in [0.29, 0.717) is 40.5 Å². The first kappa shape index (κ1) is 25.0. The second-order valence-corrected chi connectivity index (χ2v) is 10.2. The van der Waals surface area contributed by atoms with Crippen molar-refractivity contribution < 1.29 is 9.53 Å². The first-order chi connectivity index (χ1) is 17.7. The summed E-state index contributed by atoms with van der Waals surface area (Å²) in [4.78, 5) is 44.3. The molecule has 1 saturated carbocycles. The Hall–Kier alpha value is -3.71. The van der Waals surface area contributed by atoms with Crippen molar-refractivity contribution in [3.05, 3.63) is 45.0 Å². The highest BCUT2D eigenvalue weighted by molar-refractivity contribution is 6.32. The Bertz CT molecular complexity index is 1500. The van der Waals surface area contributed by atoms with Crippen molar-refractivity contribution in [1.29, 1.82) is 5.26 Å². The van der Waals surface area contributed by atoms with Gasteiger partial charge in [0.15, 0.2) is 0 Å². The lowest BCUT2D eigenvalue weighted by molar-refractivity contribution is -0.124. The van der Waals surface area contributed by atoms with Crippen molar-refractivity contribution in [2.75, 3.05) is 17.3 Å². The lowest BCUT2D eigenvalue weighted by Gasteiger charge is -2.23. The van der Waals surface area contributed by atoms with Gasteiger partial charge in [0.25, 0.3) is 5.56 Å². The van der Waals surface area contributed by atoms with E-state index < -0.39 is 11.5 Å². The number of nitrogens with one attached hydrogen (secondary N) is 2. The fourth-order valence-corrected chi connectivity index (χ4v) is 5.48. The van der Waals surface area contributed by atoms with Crippen LogP contribution in [0.3, 0.4) is 0 Å². The van der Waals surface area contributed by atoms with Crippen molar-refractivity contribution in [2.45, 2.75) is 58.5 Å². The Labute approximate surface area is 219 Å². The maximum absolute atomic E-state index is 13.5. The highest BCUT2D eigenvalue weighted by Crippen LogP contribution is 2.53. The smallest absolute Gasteiger partial charge is 0.253 e. The van der Waals surface area contributed by atoms with Crippen molar-refractivity contribution >= 4 is 40.3 Å². The van der Waals surface area contributed by atoms with Gasteiger partial charge in [-0.3, -0.25) is 14.5 Å². The van der Waals surface area contributed by atoms with E-state index in [9.17, 15) is 14.9 Å². The molecule has 2 aromatic heterocycles. The van der Waals surface area contributed by atoms with Gasteiger partial charge in [0.05, 0.1) is 29.8 Å². The number of nitrogens with zero attached hydrogens (tertiary/aromatic N) is 5. The lowest BCUT2D eigenvalue weighted by atomic mass is 9.81. The zero-order valence-corrected chi connectivity index (χ0v) is 21.9. The van der Waals surface area contributed by atoms with Crippen LogP contribution in [-0.2, 0) is 4.79 Å². The van der Waals surface area contributed by atoms with Crippen LogP contribution in [0.4, 0.5) is 11.9 Å². The molecule has 2 aliphatic rings. The Morgan fingerprint density at radius 2 is 2.05 bits per heavy atom. The number of ether oxygens (including phenoxy) is 1. The number of benzene rings is 1. The summed E-state index contributed by atoms with van der Waals surface area (Å²) in [6, 6.07) is 6.89. The molecule has 37 heavy (non-hydrogen) atoms. The summed E-state index contributed by atoms with van der Waals surface area (Å²) in [7, 11) is 1.52. The third-order valence-electron chi connectivity index (χ3n) is 7.38. The number of hydrogen-bond acceptors (Lipinski definition) is 8. The summed E-state index contributed by atoms with van der Waals surface area (Å²) in [6.07, 6.45) is 2.95. The number of aromatic amines is 1. The first-order valence-corrected chi connectivity index (χ1v) is 12.7. The van der Waals surface area contributed by atoms with Gasteiger partial charge in [-0.15, -0.1) is 0 Å². The quantitative estimate of drug-likeness (QED) is 0.469. The maximum atomic E-state index is 13.5. The molecule has 0 unspecified atom stereocenters. The van der Waals surface area contributed by atoms with Crippen molar-refractivity contribution in [2.24, 2.45) is 11.3 Å². The molecule has 2 N–H and O–H groups in total. The average molecular weight is 522 g/mol. The van der Waals surface area contributed by atoms with Crippen LogP contribution in [0.15, 0.2) is 23.0 Å². The molecular weight excluding hydrogens is 494 g/mol. The second-order valence-electron chi connectivity index (χ2n) is 9.80. The number of H-pyrrole nitrogens is 1. The number of aryl methyl sites for hydroxylation is 1.